The van der Waals surface area contributed by atoms with Gasteiger partial charge < -0.3 is 5.32 Å². The van der Waals surface area contributed by atoms with Gasteiger partial charge in [0.1, 0.15) is 11.4 Å². The number of imidazole rings is 1. The van der Waals surface area contributed by atoms with E-state index in [1.54, 1.807) is 7.05 Å². The van der Waals surface area contributed by atoms with Crippen LogP contribution in [0.1, 0.15) is 28.6 Å². The number of anilines is 1. The molecular weight excluding hydrogens is 368 g/mol. The first-order chi connectivity index (χ1) is 13.7. The van der Waals surface area contributed by atoms with Gasteiger partial charge in [0.2, 0.25) is 11.9 Å². The molecule has 1 atom stereocenters. The summed E-state index contributed by atoms with van der Waals surface area (Å²) in [4.78, 5) is 32.5. The number of aryl methyl sites for hydroxylation is 1. The molecule has 3 amide bonds. The van der Waals surface area contributed by atoms with Crippen molar-refractivity contribution in [2.75, 3.05) is 26.0 Å². The molecule has 1 N–H and O–H groups in total. The average molecular weight is 395 g/mol. The van der Waals surface area contributed by atoms with E-state index >= 15 is 0 Å². The maximum absolute atomic E-state index is 12.8. The second kappa shape index (κ2) is 6.72. The van der Waals surface area contributed by atoms with Crippen LogP contribution in [0.15, 0.2) is 23.2 Å². The first-order valence-electron chi connectivity index (χ1n) is 9.79. The number of hydrogen-bond acceptors (Lipinski definition) is 4. The molecule has 2 aromatic rings. The van der Waals surface area contributed by atoms with E-state index in [0.717, 1.165) is 23.6 Å². The van der Waals surface area contributed by atoms with Gasteiger partial charge in [-0.1, -0.05) is 17.1 Å². The van der Waals surface area contributed by atoms with Crippen molar-refractivity contribution in [1.29, 1.82) is 0 Å². The number of fused-ring (bicyclic) bond motifs is 3. The number of imide groups is 1. The molecule has 0 aliphatic carbocycles. The minimum atomic E-state index is -0.579. The van der Waals surface area contributed by atoms with Gasteiger partial charge in [-0.2, -0.15) is 0 Å². The normalized spacial score (nSPS) is 18.1. The number of amidine groups is 1. The number of aromatic nitrogens is 2. The minimum absolute atomic E-state index is 0.246. The van der Waals surface area contributed by atoms with Crippen molar-refractivity contribution in [3.05, 3.63) is 40.7 Å². The molecule has 1 fully saturated rings. The Kier molecular flexibility index (Phi) is 4.44. The highest BCUT2D eigenvalue weighted by atomic mass is 16.2. The predicted octanol–water partition coefficient (Wildman–Crippen LogP) is 2.23. The minimum Gasteiger partial charge on any atom is -0.382 e. The molecule has 29 heavy (non-hydrogen) atoms. The van der Waals surface area contributed by atoms with Gasteiger partial charge >= 0.3 is 12.0 Å². The number of aliphatic imine (C=N–C) groups is 1. The highest BCUT2D eigenvalue weighted by Gasteiger charge is 2.53. The molecule has 1 saturated heterocycles. The fourth-order valence-corrected chi connectivity index (χ4v) is 4.09. The Bertz CT molecular complexity index is 1070. The molecule has 8 heteroatoms. The van der Waals surface area contributed by atoms with Crippen molar-refractivity contribution in [3.63, 3.8) is 0 Å². The van der Waals surface area contributed by atoms with Gasteiger partial charge in [-0.25, -0.2) is 13.9 Å². The van der Waals surface area contributed by atoms with Crippen LogP contribution >= 0.6 is 0 Å². The number of urea groups is 1. The van der Waals surface area contributed by atoms with Crippen LogP contribution in [0, 0.1) is 27.7 Å². The van der Waals surface area contributed by atoms with Crippen LogP contribution in [0.25, 0.3) is 0 Å². The number of amides is 3. The Labute approximate surface area is 170 Å². The van der Waals surface area contributed by atoms with Crippen molar-refractivity contribution in [2.45, 2.75) is 40.3 Å². The lowest BCUT2D eigenvalue weighted by Crippen LogP contribution is -2.56. The highest BCUT2D eigenvalue weighted by molar-refractivity contribution is 6.20. The van der Waals surface area contributed by atoms with E-state index in [1.165, 1.54) is 28.0 Å². The molecule has 2 aliphatic heterocycles. The highest BCUT2D eigenvalue weighted by Crippen LogP contribution is 2.34. The van der Waals surface area contributed by atoms with Crippen LogP contribution in [0.4, 0.5) is 16.4 Å². The molecule has 0 saturated carbocycles. The van der Waals surface area contributed by atoms with Gasteiger partial charge in [0, 0.05) is 26.3 Å². The third kappa shape index (κ3) is 2.73. The third-order valence-corrected chi connectivity index (χ3v) is 6.20. The number of carbonyl (C=O) groups is 2. The van der Waals surface area contributed by atoms with Crippen molar-refractivity contribution in [1.82, 2.24) is 14.4 Å². The number of rotatable bonds is 4. The SMILES string of the molecule is Cc1cccc(NCC[n+]2c(C)c(C)n3c2N=C2C3C(=O)N(C)C(=O)N2C)c1C. The number of hydrogen-bond donors (Lipinski definition) is 1. The van der Waals surface area contributed by atoms with E-state index in [0.29, 0.717) is 18.3 Å². The zero-order valence-electron chi connectivity index (χ0n) is 17.8. The maximum Gasteiger partial charge on any atom is 0.402 e. The van der Waals surface area contributed by atoms with Crippen molar-refractivity contribution >= 4 is 29.4 Å². The van der Waals surface area contributed by atoms with E-state index in [2.05, 4.69) is 41.9 Å². The molecule has 152 valence electrons. The lowest BCUT2D eigenvalue weighted by Gasteiger charge is -2.30. The summed E-state index contributed by atoms with van der Waals surface area (Å²) in [5.74, 6) is 0.961. The maximum atomic E-state index is 12.8. The Balaban J connectivity index is 1.64. The zero-order valence-corrected chi connectivity index (χ0v) is 17.8. The van der Waals surface area contributed by atoms with E-state index in [-0.39, 0.29) is 11.9 Å². The average Bonchev–Trinajstić information content (AvgIpc) is 3.19. The van der Waals surface area contributed by atoms with Gasteiger partial charge in [-0.3, -0.25) is 14.6 Å². The molecule has 8 nitrogen and oxygen atoms in total. The van der Waals surface area contributed by atoms with Crippen molar-refractivity contribution in [3.8, 4) is 0 Å². The lowest BCUT2D eigenvalue weighted by molar-refractivity contribution is -0.686. The molecule has 2 aliphatic rings. The van der Waals surface area contributed by atoms with E-state index < -0.39 is 6.04 Å². The fraction of sp³-hybridized carbons (Fsp3) is 0.429. The number of nitrogens with zero attached hydrogens (tertiary/aromatic N) is 5. The van der Waals surface area contributed by atoms with Crippen LogP contribution in [-0.4, -0.2) is 52.8 Å². The Hall–Kier alpha value is -3.16. The molecule has 0 spiro atoms. The van der Waals surface area contributed by atoms with Crippen LogP contribution in [-0.2, 0) is 11.3 Å². The van der Waals surface area contributed by atoms with Crippen molar-refractivity contribution < 1.29 is 14.2 Å². The smallest absolute Gasteiger partial charge is 0.382 e. The topological polar surface area (TPSA) is 73.8 Å². The van der Waals surface area contributed by atoms with Crippen molar-refractivity contribution in [2.24, 2.45) is 4.99 Å². The summed E-state index contributed by atoms with van der Waals surface area (Å²) in [6.45, 7) is 9.68. The molecule has 3 heterocycles. The second-order valence-electron chi connectivity index (χ2n) is 7.78. The first-order valence-corrected chi connectivity index (χ1v) is 9.79. The summed E-state index contributed by atoms with van der Waals surface area (Å²) in [6, 6.07) is 5.30. The molecule has 1 unspecified atom stereocenters. The van der Waals surface area contributed by atoms with Crippen LogP contribution < -0.4 is 9.88 Å². The van der Waals surface area contributed by atoms with Crippen LogP contribution in [0.3, 0.4) is 0 Å². The zero-order chi connectivity index (χ0) is 21.0. The molecule has 0 bridgehead atoms. The number of benzene rings is 1. The van der Waals surface area contributed by atoms with Crippen LogP contribution in [0.2, 0.25) is 0 Å². The fourth-order valence-electron chi connectivity index (χ4n) is 4.09. The summed E-state index contributed by atoms with van der Waals surface area (Å²) in [6.07, 6.45) is 0. The van der Waals surface area contributed by atoms with Gasteiger partial charge in [-0.15, -0.1) is 0 Å². The van der Waals surface area contributed by atoms with E-state index in [9.17, 15) is 9.59 Å². The number of carbonyl (C=O) groups excluding carboxylic acids is 2. The number of nitrogens with one attached hydrogen (secondary N) is 1. The predicted molar refractivity (Wildman–Crippen MR) is 111 cm³/mol. The second-order valence-corrected chi connectivity index (χ2v) is 7.78. The molecule has 4 rings (SSSR count). The standard InChI is InChI=1S/C21H27N6O2/c1-12-8-7-9-16(13(12)2)22-10-11-26-14(3)15(4)27-17-18(23-20(26)27)24(5)21(29)25(6)19(17)28/h7-9,17,22H,10-11H2,1-6H3/q+1. The monoisotopic (exact) mass is 395 g/mol. The summed E-state index contributed by atoms with van der Waals surface area (Å²) in [7, 11) is 3.18. The summed E-state index contributed by atoms with van der Waals surface area (Å²) in [5.41, 5.74) is 5.68. The van der Waals surface area contributed by atoms with Gasteiger partial charge in [0.05, 0.1) is 6.54 Å². The quantitative estimate of drug-likeness (QED) is 0.807. The number of likely N-dealkylation sites (N-methyl/N-ethyl adjacent to an activating group) is 2. The molecule has 0 radical (unpaired) electrons. The largest absolute Gasteiger partial charge is 0.402 e. The summed E-state index contributed by atoms with van der Waals surface area (Å²) >= 11 is 0. The van der Waals surface area contributed by atoms with Gasteiger partial charge in [0.25, 0.3) is 5.91 Å². The van der Waals surface area contributed by atoms with E-state index in [1.807, 2.05) is 18.4 Å². The Morgan fingerprint density at radius 3 is 2.55 bits per heavy atom. The van der Waals surface area contributed by atoms with Gasteiger partial charge in [0.15, 0.2) is 0 Å². The molecular formula is C21H27N6O2+. The lowest BCUT2D eigenvalue weighted by atomic mass is 10.1. The Morgan fingerprint density at radius 2 is 1.83 bits per heavy atom. The first kappa shape index (κ1) is 19.2. The molecule has 1 aromatic heterocycles. The third-order valence-electron chi connectivity index (χ3n) is 6.20. The van der Waals surface area contributed by atoms with Crippen LogP contribution in [0.5, 0.6) is 0 Å². The molecule has 1 aromatic carbocycles. The summed E-state index contributed by atoms with van der Waals surface area (Å²) < 4.78 is 4.06. The van der Waals surface area contributed by atoms with E-state index in [4.69, 9.17) is 4.99 Å². The van der Waals surface area contributed by atoms with Gasteiger partial charge in [-0.05, 0) is 44.9 Å². The summed E-state index contributed by atoms with van der Waals surface area (Å²) in [5, 5.41) is 3.51. The Morgan fingerprint density at radius 1 is 1.10 bits per heavy atom.